The van der Waals surface area contributed by atoms with Crippen molar-refractivity contribution in [1.82, 2.24) is 14.8 Å². The van der Waals surface area contributed by atoms with Crippen LogP contribution in [0.1, 0.15) is 32.0 Å². The van der Waals surface area contributed by atoms with E-state index < -0.39 is 0 Å². The van der Waals surface area contributed by atoms with Gasteiger partial charge in [0.1, 0.15) is 11.3 Å². The number of carbonyl (C=O) groups is 2. The summed E-state index contributed by atoms with van der Waals surface area (Å²) in [5, 5.41) is 0. The lowest BCUT2D eigenvalue weighted by atomic mass is 10.1. The molecule has 0 aliphatic carbocycles. The van der Waals surface area contributed by atoms with Gasteiger partial charge in [-0.1, -0.05) is 6.07 Å². The van der Waals surface area contributed by atoms with Crippen molar-refractivity contribution in [2.24, 2.45) is 0 Å². The predicted molar refractivity (Wildman–Crippen MR) is 101 cm³/mol. The summed E-state index contributed by atoms with van der Waals surface area (Å²) in [6.07, 6.45) is 0. The standard InChI is InChI=1S/C20H23N3O4/c1-13-11-17(18(24)21-14(13)2)20(26)23-9-7-22(8-10-23)19(25)15-5-4-6-16(12-15)27-3/h4-6,11-12H,7-10H2,1-3H3,(H,21,24). The third-order valence-corrected chi connectivity index (χ3v) is 4.90. The van der Waals surface area contributed by atoms with Crippen LogP contribution in [0.3, 0.4) is 0 Å². The number of aromatic amines is 1. The third kappa shape index (κ3) is 3.86. The van der Waals surface area contributed by atoms with Crippen LogP contribution < -0.4 is 10.3 Å². The molecule has 142 valence electrons. The van der Waals surface area contributed by atoms with Crippen molar-refractivity contribution in [3.05, 3.63) is 63.1 Å². The molecular weight excluding hydrogens is 346 g/mol. The maximum absolute atomic E-state index is 12.7. The Labute approximate surface area is 157 Å². The average Bonchev–Trinajstić information content (AvgIpc) is 2.70. The number of nitrogens with one attached hydrogen (secondary N) is 1. The molecule has 1 saturated heterocycles. The normalized spacial score (nSPS) is 14.2. The highest BCUT2D eigenvalue weighted by Crippen LogP contribution is 2.16. The Morgan fingerprint density at radius 3 is 2.26 bits per heavy atom. The van der Waals surface area contributed by atoms with Crippen LogP contribution in [0.15, 0.2) is 35.1 Å². The van der Waals surface area contributed by atoms with Crippen molar-refractivity contribution in [3.63, 3.8) is 0 Å². The van der Waals surface area contributed by atoms with Crippen molar-refractivity contribution >= 4 is 11.8 Å². The summed E-state index contributed by atoms with van der Waals surface area (Å²) in [6.45, 7) is 5.28. The number of methoxy groups -OCH3 is 1. The molecule has 0 spiro atoms. The van der Waals surface area contributed by atoms with Crippen LogP contribution in [0.25, 0.3) is 0 Å². The first-order valence-electron chi connectivity index (χ1n) is 8.84. The molecule has 3 rings (SSSR count). The minimum absolute atomic E-state index is 0.0926. The molecule has 2 amide bonds. The number of aromatic nitrogens is 1. The van der Waals surface area contributed by atoms with E-state index in [0.717, 1.165) is 11.3 Å². The number of carbonyl (C=O) groups excluding carboxylic acids is 2. The highest BCUT2D eigenvalue weighted by molar-refractivity contribution is 5.96. The molecule has 27 heavy (non-hydrogen) atoms. The van der Waals surface area contributed by atoms with E-state index in [0.29, 0.717) is 37.5 Å². The second-order valence-corrected chi connectivity index (χ2v) is 6.64. The van der Waals surface area contributed by atoms with Crippen LogP contribution in [0.4, 0.5) is 0 Å². The van der Waals surface area contributed by atoms with Gasteiger partial charge < -0.3 is 19.5 Å². The van der Waals surface area contributed by atoms with Crippen LogP contribution in [0.2, 0.25) is 0 Å². The molecule has 1 N–H and O–H groups in total. The van der Waals surface area contributed by atoms with Crippen LogP contribution in [0.5, 0.6) is 5.75 Å². The molecule has 7 nitrogen and oxygen atoms in total. The van der Waals surface area contributed by atoms with E-state index in [1.807, 2.05) is 6.92 Å². The van der Waals surface area contributed by atoms with E-state index >= 15 is 0 Å². The Morgan fingerprint density at radius 2 is 1.63 bits per heavy atom. The SMILES string of the molecule is COc1cccc(C(=O)N2CCN(C(=O)c3cc(C)c(C)[nH]c3=O)CC2)c1. The number of benzene rings is 1. The second-order valence-electron chi connectivity index (χ2n) is 6.64. The largest absolute Gasteiger partial charge is 0.497 e. The number of piperazine rings is 1. The maximum atomic E-state index is 12.7. The van der Waals surface area contributed by atoms with Gasteiger partial charge in [-0.3, -0.25) is 14.4 Å². The van der Waals surface area contributed by atoms with Crippen molar-refractivity contribution in [2.45, 2.75) is 13.8 Å². The number of hydrogen-bond acceptors (Lipinski definition) is 4. The number of pyridine rings is 1. The first-order chi connectivity index (χ1) is 12.9. The molecule has 1 aliphatic rings. The molecule has 0 atom stereocenters. The predicted octanol–water partition coefficient (Wildman–Crippen LogP) is 1.60. The number of ether oxygens (including phenoxy) is 1. The van der Waals surface area contributed by atoms with Gasteiger partial charge in [0.05, 0.1) is 7.11 Å². The Hall–Kier alpha value is -3.09. The molecule has 0 bridgehead atoms. The zero-order valence-corrected chi connectivity index (χ0v) is 15.7. The van der Waals surface area contributed by atoms with Gasteiger partial charge in [0.15, 0.2) is 0 Å². The number of rotatable bonds is 3. The van der Waals surface area contributed by atoms with E-state index in [-0.39, 0.29) is 22.9 Å². The molecule has 7 heteroatoms. The maximum Gasteiger partial charge on any atom is 0.261 e. The summed E-state index contributed by atoms with van der Waals surface area (Å²) in [7, 11) is 1.56. The highest BCUT2D eigenvalue weighted by Gasteiger charge is 2.27. The van der Waals surface area contributed by atoms with E-state index in [2.05, 4.69) is 4.98 Å². The highest BCUT2D eigenvalue weighted by atomic mass is 16.5. The molecule has 1 aromatic heterocycles. The fraction of sp³-hybridized carbons (Fsp3) is 0.350. The van der Waals surface area contributed by atoms with Gasteiger partial charge in [-0.25, -0.2) is 0 Å². The van der Waals surface area contributed by atoms with Crippen molar-refractivity contribution < 1.29 is 14.3 Å². The van der Waals surface area contributed by atoms with E-state index in [9.17, 15) is 14.4 Å². The van der Waals surface area contributed by atoms with E-state index in [4.69, 9.17) is 4.74 Å². The van der Waals surface area contributed by atoms with Crippen molar-refractivity contribution in [1.29, 1.82) is 0 Å². The van der Waals surface area contributed by atoms with E-state index in [1.165, 1.54) is 0 Å². The fourth-order valence-corrected chi connectivity index (χ4v) is 3.11. The quantitative estimate of drug-likeness (QED) is 0.891. The van der Waals surface area contributed by atoms with Gasteiger partial charge in [-0.05, 0) is 43.7 Å². The monoisotopic (exact) mass is 369 g/mol. The molecule has 1 aliphatic heterocycles. The molecule has 1 aromatic carbocycles. The summed E-state index contributed by atoms with van der Waals surface area (Å²) in [5.41, 5.74) is 1.94. The summed E-state index contributed by atoms with van der Waals surface area (Å²) in [4.78, 5) is 43.5. The lowest BCUT2D eigenvalue weighted by Gasteiger charge is -2.34. The minimum atomic E-state index is -0.377. The minimum Gasteiger partial charge on any atom is -0.497 e. The van der Waals surface area contributed by atoms with E-state index in [1.54, 1.807) is 54.2 Å². The van der Waals surface area contributed by atoms with Crippen molar-refractivity contribution in [3.8, 4) is 5.75 Å². The summed E-state index contributed by atoms with van der Waals surface area (Å²) >= 11 is 0. The lowest BCUT2D eigenvalue weighted by Crippen LogP contribution is -2.51. The molecule has 0 saturated carbocycles. The number of amides is 2. The van der Waals surface area contributed by atoms with Crippen LogP contribution >= 0.6 is 0 Å². The van der Waals surface area contributed by atoms with Crippen LogP contribution in [-0.2, 0) is 0 Å². The Bertz CT molecular complexity index is 927. The second kappa shape index (κ2) is 7.65. The summed E-state index contributed by atoms with van der Waals surface area (Å²) < 4.78 is 5.16. The lowest BCUT2D eigenvalue weighted by molar-refractivity contribution is 0.0534. The fourth-order valence-electron chi connectivity index (χ4n) is 3.11. The Balaban J connectivity index is 1.68. The number of hydrogen-bond donors (Lipinski definition) is 1. The zero-order valence-electron chi connectivity index (χ0n) is 15.7. The molecule has 0 radical (unpaired) electrons. The van der Waals surface area contributed by atoms with Gasteiger partial charge in [0.25, 0.3) is 17.4 Å². The first-order valence-corrected chi connectivity index (χ1v) is 8.84. The average molecular weight is 369 g/mol. The van der Waals surface area contributed by atoms with Gasteiger partial charge in [-0.2, -0.15) is 0 Å². The number of aryl methyl sites for hydroxylation is 2. The summed E-state index contributed by atoms with van der Waals surface area (Å²) in [6, 6.07) is 8.64. The van der Waals surface area contributed by atoms with Gasteiger partial charge in [0, 0.05) is 37.4 Å². The summed E-state index contributed by atoms with van der Waals surface area (Å²) in [5.74, 6) is 0.237. The van der Waals surface area contributed by atoms with Gasteiger partial charge in [0.2, 0.25) is 0 Å². The number of H-pyrrole nitrogens is 1. The van der Waals surface area contributed by atoms with Gasteiger partial charge in [-0.15, -0.1) is 0 Å². The van der Waals surface area contributed by atoms with Crippen LogP contribution in [0, 0.1) is 13.8 Å². The topological polar surface area (TPSA) is 82.7 Å². The molecule has 2 heterocycles. The van der Waals surface area contributed by atoms with Gasteiger partial charge >= 0.3 is 0 Å². The third-order valence-electron chi connectivity index (χ3n) is 4.90. The molecule has 0 unspecified atom stereocenters. The van der Waals surface area contributed by atoms with Crippen LogP contribution in [-0.4, -0.2) is 59.9 Å². The molecular formula is C20H23N3O4. The Kier molecular flexibility index (Phi) is 5.30. The smallest absolute Gasteiger partial charge is 0.261 e. The zero-order chi connectivity index (χ0) is 19.6. The van der Waals surface area contributed by atoms with Crippen molar-refractivity contribution in [2.75, 3.05) is 33.3 Å². The first kappa shape index (κ1) is 18.7. The molecule has 1 fully saturated rings. The molecule has 2 aromatic rings. The Morgan fingerprint density at radius 1 is 1.00 bits per heavy atom. The number of nitrogens with zero attached hydrogens (tertiary/aromatic N) is 2.